The number of hydrogen-bond acceptors (Lipinski definition) is 7. The van der Waals surface area contributed by atoms with E-state index in [2.05, 4.69) is 10.5 Å². The second-order valence-electron chi connectivity index (χ2n) is 8.51. The average Bonchev–Trinajstić information content (AvgIpc) is 3.32. The number of amides is 2. The maximum Gasteiger partial charge on any atom is 0.291 e. The number of nitrogens with zero attached hydrogens (tertiary/aromatic N) is 3. The molecule has 1 aromatic heterocycles. The van der Waals surface area contributed by atoms with Gasteiger partial charge in [0.25, 0.3) is 17.4 Å². The molecule has 1 N–H and O–H groups in total. The third-order valence-corrected chi connectivity index (χ3v) is 7.54. The van der Waals surface area contributed by atoms with Crippen LogP contribution in [0.4, 0.5) is 0 Å². The maximum atomic E-state index is 13.7. The van der Waals surface area contributed by atoms with E-state index in [4.69, 9.17) is 21.1 Å². The molecule has 0 bridgehead atoms. The SMILES string of the molecule is COc1ccc(-c2cc(=O)n(-c3ccc(OC)cc3)nc2C(=O)NN2C(=O)CSC2c2cccc(Cl)c2)cc1. The number of hydrazine groups is 1. The van der Waals surface area contributed by atoms with Crippen LogP contribution in [0.1, 0.15) is 21.4 Å². The van der Waals surface area contributed by atoms with Crippen LogP contribution >= 0.6 is 23.4 Å². The van der Waals surface area contributed by atoms with Crippen LogP contribution in [-0.2, 0) is 4.79 Å². The van der Waals surface area contributed by atoms with Crippen molar-refractivity contribution < 1.29 is 19.1 Å². The highest BCUT2D eigenvalue weighted by molar-refractivity contribution is 8.00. The molecular formula is C28H23ClN4O5S. The molecule has 1 saturated heterocycles. The molecule has 11 heteroatoms. The Morgan fingerprint density at radius 3 is 2.28 bits per heavy atom. The number of rotatable bonds is 7. The molecule has 9 nitrogen and oxygen atoms in total. The smallest absolute Gasteiger partial charge is 0.291 e. The Hall–Kier alpha value is -4.28. The van der Waals surface area contributed by atoms with Gasteiger partial charge in [0.05, 0.1) is 25.7 Å². The van der Waals surface area contributed by atoms with Crippen LogP contribution in [0.15, 0.2) is 83.7 Å². The average molecular weight is 563 g/mol. The van der Waals surface area contributed by atoms with Gasteiger partial charge in [-0.1, -0.05) is 35.9 Å². The highest BCUT2D eigenvalue weighted by Crippen LogP contribution is 2.38. The molecule has 1 fully saturated rings. The van der Waals surface area contributed by atoms with Gasteiger partial charge in [-0.2, -0.15) is 9.78 Å². The van der Waals surface area contributed by atoms with E-state index in [0.29, 0.717) is 33.3 Å². The molecule has 1 atom stereocenters. The second-order valence-corrected chi connectivity index (χ2v) is 10.0. The summed E-state index contributed by atoms with van der Waals surface area (Å²) in [5.74, 6) is 0.491. The first kappa shape index (κ1) is 26.3. The molecule has 1 aliphatic heterocycles. The van der Waals surface area contributed by atoms with Gasteiger partial charge in [-0.05, 0) is 59.7 Å². The van der Waals surface area contributed by atoms with Crippen molar-refractivity contribution in [2.75, 3.05) is 20.0 Å². The van der Waals surface area contributed by atoms with Gasteiger partial charge in [-0.3, -0.25) is 19.8 Å². The Balaban J connectivity index is 1.56. The van der Waals surface area contributed by atoms with E-state index in [0.717, 1.165) is 10.2 Å². The molecule has 1 unspecified atom stereocenters. The molecule has 4 aromatic rings. The summed E-state index contributed by atoms with van der Waals surface area (Å²) in [7, 11) is 3.09. The minimum atomic E-state index is -0.647. The number of hydrogen-bond donors (Lipinski definition) is 1. The van der Waals surface area contributed by atoms with Crippen LogP contribution in [0.25, 0.3) is 16.8 Å². The standard InChI is InChI=1S/C28H23ClN4O5S/c1-37-21-10-6-17(7-11-21)23-15-24(34)32(20-8-12-22(38-2)13-9-20)30-26(23)27(36)31-33-25(35)16-39-28(33)18-4-3-5-19(29)14-18/h3-15,28H,16H2,1-2H3,(H,31,36). The molecule has 39 heavy (non-hydrogen) atoms. The van der Waals surface area contributed by atoms with Crippen LogP contribution in [-0.4, -0.2) is 46.6 Å². The Bertz CT molecular complexity index is 1590. The Labute approximate surface area is 233 Å². The zero-order valence-electron chi connectivity index (χ0n) is 21.0. The lowest BCUT2D eigenvalue weighted by molar-refractivity contribution is -0.130. The number of thioether (sulfide) groups is 1. The summed E-state index contributed by atoms with van der Waals surface area (Å²) in [5, 5.41) is 5.78. The van der Waals surface area contributed by atoms with Gasteiger partial charge in [-0.15, -0.1) is 11.8 Å². The zero-order chi connectivity index (χ0) is 27.5. The molecule has 3 aromatic carbocycles. The summed E-state index contributed by atoms with van der Waals surface area (Å²) in [4.78, 5) is 39.7. The minimum Gasteiger partial charge on any atom is -0.497 e. The lowest BCUT2D eigenvalue weighted by Gasteiger charge is -2.25. The molecular weight excluding hydrogens is 540 g/mol. The molecule has 1 aliphatic rings. The predicted octanol–water partition coefficient (Wildman–Crippen LogP) is 4.49. The molecule has 0 saturated carbocycles. The monoisotopic (exact) mass is 562 g/mol. The molecule has 0 aliphatic carbocycles. The molecule has 5 rings (SSSR count). The van der Waals surface area contributed by atoms with E-state index in [-0.39, 0.29) is 17.4 Å². The van der Waals surface area contributed by atoms with Crippen molar-refractivity contribution in [2.24, 2.45) is 0 Å². The van der Waals surface area contributed by atoms with Crippen LogP contribution in [0.2, 0.25) is 5.02 Å². The summed E-state index contributed by atoms with van der Waals surface area (Å²) in [6, 6.07) is 22.1. The summed E-state index contributed by atoms with van der Waals surface area (Å²) in [5.41, 5.74) is 4.35. The van der Waals surface area contributed by atoms with Crippen molar-refractivity contribution in [3.8, 4) is 28.3 Å². The van der Waals surface area contributed by atoms with E-state index in [1.165, 1.54) is 22.8 Å². The van der Waals surface area contributed by atoms with Crippen molar-refractivity contribution in [1.29, 1.82) is 0 Å². The number of methoxy groups -OCH3 is 2. The maximum absolute atomic E-state index is 13.7. The van der Waals surface area contributed by atoms with Crippen LogP contribution in [0.3, 0.4) is 0 Å². The van der Waals surface area contributed by atoms with E-state index in [1.54, 1.807) is 80.9 Å². The zero-order valence-corrected chi connectivity index (χ0v) is 22.5. The summed E-state index contributed by atoms with van der Waals surface area (Å²) < 4.78 is 11.6. The number of benzene rings is 3. The quantitative estimate of drug-likeness (QED) is 0.354. The van der Waals surface area contributed by atoms with Gasteiger partial charge < -0.3 is 9.47 Å². The molecule has 2 amide bonds. The van der Waals surface area contributed by atoms with Gasteiger partial charge in [0.1, 0.15) is 16.9 Å². The topological polar surface area (TPSA) is 103 Å². The number of ether oxygens (including phenoxy) is 2. The third kappa shape index (κ3) is 5.47. The normalized spacial score (nSPS) is 14.8. The lowest BCUT2D eigenvalue weighted by atomic mass is 10.0. The highest BCUT2D eigenvalue weighted by atomic mass is 35.5. The minimum absolute atomic E-state index is 0.0369. The van der Waals surface area contributed by atoms with Gasteiger partial charge in [0, 0.05) is 16.7 Å². The van der Waals surface area contributed by atoms with Crippen LogP contribution in [0, 0.1) is 0 Å². The molecule has 2 heterocycles. The highest BCUT2D eigenvalue weighted by Gasteiger charge is 2.35. The Kier molecular flexibility index (Phi) is 7.58. The van der Waals surface area contributed by atoms with E-state index in [9.17, 15) is 14.4 Å². The first-order valence-electron chi connectivity index (χ1n) is 11.8. The number of carbonyl (C=O) groups excluding carboxylic acids is 2. The summed E-state index contributed by atoms with van der Waals surface area (Å²) >= 11 is 7.54. The first-order valence-corrected chi connectivity index (χ1v) is 13.2. The van der Waals surface area contributed by atoms with Gasteiger partial charge in [0.2, 0.25) is 0 Å². The van der Waals surface area contributed by atoms with Crippen molar-refractivity contribution in [1.82, 2.24) is 20.2 Å². The van der Waals surface area contributed by atoms with Crippen LogP contribution < -0.4 is 20.5 Å². The van der Waals surface area contributed by atoms with Crippen LogP contribution in [0.5, 0.6) is 11.5 Å². The van der Waals surface area contributed by atoms with E-state index in [1.807, 2.05) is 6.07 Å². The largest absolute Gasteiger partial charge is 0.497 e. The first-order chi connectivity index (χ1) is 18.9. The van der Waals surface area contributed by atoms with Crippen molar-refractivity contribution in [3.63, 3.8) is 0 Å². The Morgan fingerprint density at radius 1 is 0.974 bits per heavy atom. The van der Waals surface area contributed by atoms with Gasteiger partial charge in [0.15, 0.2) is 5.69 Å². The number of aromatic nitrogens is 2. The summed E-state index contributed by atoms with van der Waals surface area (Å²) in [6.45, 7) is 0. The Morgan fingerprint density at radius 2 is 1.64 bits per heavy atom. The van der Waals surface area contributed by atoms with Gasteiger partial charge >= 0.3 is 0 Å². The molecule has 198 valence electrons. The third-order valence-electron chi connectivity index (χ3n) is 6.09. The second kappa shape index (κ2) is 11.2. The van der Waals surface area contributed by atoms with Gasteiger partial charge in [-0.25, -0.2) is 5.01 Å². The number of halogens is 1. The number of carbonyl (C=O) groups is 2. The molecule has 0 spiro atoms. The lowest BCUT2D eigenvalue weighted by Crippen LogP contribution is -2.45. The molecule has 0 radical (unpaired) electrons. The predicted molar refractivity (Wildman–Crippen MR) is 149 cm³/mol. The number of nitrogens with one attached hydrogen (secondary N) is 1. The van der Waals surface area contributed by atoms with Crippen molar-refractivity contribution in [3.05, 3.63) is 105 Å². The van der Waals surface area contributed by atoms with Crippen molar-refractivity contribution >= 4 is 35.2 Å². The van der Waals surface area contributed by atoms with E-state index < -0.39 is 16.8 Å². The summed E-state index contributed by atoms with van der Waals surface area (Å²) in [6.07, 6.45) is 0. The van der Waals surface area contributed by atoms with Crippen molar-refractivity contribution in [2.45, 2.75) is 5.37 Å². The fourth-order valence-corrected chi connectivity index (χ4v) is 5.43. The fourth-order valence-electron chi connectivity index (χ4n) is 4.14. The van der Waals surface area contributed by atoms with E-state index >= 15 is 0 Å². The fraction of sp³-hybridized carbons (Fsp3) is 0.143.